The van der Waals surface area contributed by atoms with Crippen LogP contribution < -0.4 is 5.32 Å². The molecule has 1 saturated carbocycles. The zero-order valence-electron chi connectivity index (χ0n) is 22.8. The molecule has 2 aliphatic heterocycles. The standard InChI is InChI=1S/C28H32ClN5.C2HF3O2/c1-19-28-25-10-9-21(20-11-14-33(15-12-20)24-7-2-3-8-24)17-26(25)27(13-16-34(28)32-31-19)30-23-6-4-5-22(29)18-23;3-2(4,5)1(6)7/h4-6,9-11,17-18,24,27,30H,2-3,7-8,12-16H2,1H3;(H,6,7). The molecule has 0 spiro atoms. The van der Waals surface area contributed by atoms with Crippen LogP contribution in [0.4, 0.5) is 18.9 Å². The van der Waals surface area contributed by atoms with E-state index in [0.29, 0.717) is 0 Å². The lowest BCUT2D eigenvalue weighted by atomic mass is 9.90. The van der Waals surface area contributed by atoms with Crippen molar-refractivity contribution >= 4 is 28.8 Å². The van der Waals surface area contributed by atoms with Gasteiger partial charge in [-0.05, 0) is 73.6 Å². The number of halogens is 4. The second-order valence-electron chi connectivity index (χ2n) is 10.8. The summed E-state index contributed by atoms with van der Waals surface area (Å²) in [6, 6.07) is 16.0. The van der Waals surface area contributed by atoms with Gasteiger partial charge in [-0.3, -0.25) is 4.90 Å². The molecule has 1 unspecified atom stereocenters. The monoisotopic (exact) mass is 587 g/mol. The van der Waals surface area contributed by atoms with Gasteiger partial charge in [-0.2, -0.15) is 13.2 Å². The number of aliphatic carboxylic acids is 1. The number of nitrogens with one attached hydrogen (secondary N) is 1. The van der Waals surface area contributed by atoms with E-state index < -0.39 is 12.1 Å². The zero-order chi connectivity index (χ0) is 29.1. The van der Waals surface area contributed by atoms with E-state index in [2.05, 4.69) is 62.5 Å². The van der Waals surface area contributed by atoms with Crippen LogP contribution in [-0.2, 0) is 11.3 Å². The number of aryl methyl sites for hydroxylation is 2. The minimum absolute atomic E-state index is 0.175. The highest BCUT2D eigenvalue weighted by Gasteiger charge is 2.38. The number of alkyl halides is 3. The molecule has 0 radical (unpaired) electrons. The molecular weight excluding hydrogens is 555 g/mol. The predicted molar refractivity (Wildman–Crippen MR) is 153 cm³/mol. The van der Waals surface area contributed by atoms with Crippen LogP contribution in [0.15, 0.2) is 48.5 Å². The van der Waals surface area contributed by atoms with Gasteiger partial charge in [0, 0.05) is 41.9 Å². The third-order valence-electron chi connectivity index (χ3n) is 8.08. The largest absolute Gasteiger partial charge is 0.490 e. The molecule has 1 fully saturated rings. The molecule has 11 heteroatoms. The number of hydrogen-bond donors (Lipinski definition) is 2. The third-order valence-corrected chi connectivity index (χ3v) is 8.31. The molecule has 3 aromatic rings. The normalized spacial score (nSPS) is 19.3. The molecule has 1 atom stereocenters. The highest BCUT2D eigenvalue weighted by Crippen LogP contribution is 2.39. The molecule has 3 heterocycles. The summed E-state index contributed by atoms with van der Waals surface area (Å²) in [5, 5.41) is 20.4. The van der Waals surface area contributed by atoms with Crippen LogP contribution in [0, 0.1) is 6.92 Å². The Balaban J connectivity index is 0.000000431. The van der Waals surface area contributed by atoms with E-state index in [-0.39, 0.29) is 6.04 Å². The number of fused-ring (bicyclic) bond motifs is 3. The molecule has 0 amide bonds. The Bertz CT molecular complexity index is 1430. The van der Waals surface area contributed by atoms with Gasteiger partial charge in [-0.15, -0.1) is 5.10 Å². The van der Waals surface area contributed by atoms with Crippen molar-refractivity contribution in [2.75, 3.05) is 18.4 Å². The van der Waals surface area contributed by atoms with Gasteiger partial charge >= 0.3 is 12.1 Å². The Morgan fingerprint density at radius 3 is 2.51 bits per heavy atom. The predicted octanol–water partition coefficient (Wildman–Crippen LogP) is 7.13. The quantitative estimate of drug-likeness (QED) is 0.338. The van der Waals surface area contributed by atoms with Gasteiger partial charge in [0.1, 0.15) is 0 Å². The molecule has 41 heavy (non-hydrogen) atoms. The number of benzene rings is 2. The van der Waals surface area contributed by atoms with Crippen LogP contribution in [0.2, 0.25) is 5.02 Å². The van der Waals surface area contributed by atoms with Crippen molar-refractivity contribution in [1.29, 1.82) is 0 Å². The Hall–Kier alpha value is -3.37. The summed E-state index contributed by atoms with van der Waals surface area (Å²) in [6.07, 6.45) is 4.99. The molecule has 0 bridgehead atoms. The fourth-order valence-electron chi connectivity index (χ4n) is 6.04. The van der Waals surface area contributed by atoms with Crippen LogP contribution in [-0.4, -0.2) is 56.3 Å². The number of carboxylic acid groups (broad SMARTS) is 1. The summed E-state index contributed by atoms with van der Waals surface area (Å²) in [4.78, 5) is 11.6. The molecule has 3 aliphatic rings. The molecule has 2 N–H and O–H groups in total. The van der Waals surface area contributed by atoms with Crippen molar-refractivity contribution in [2.45, 2.75) is 70.3 Å². The third kappa shape index (κ3) is 6.76. The van der Waals surface area contributed by atoms with E-state index in [1.54, 1.807) is 0 Å². The average Bonchev–Trinajstić information content (AvgIpc) is 3.58. The minimum Gasteiger partial charge on any atom is -0.475 e. The Morgan fingerprint density at radius 2 is 1.85 bits per heavy atom. The first kappa shape index (κ1) is 29.1. The van der Waals surface area contributed by atoms with Crippen molar-refractivity contribution in [3.8, 4) is 11.3 Å². The molecular formula is C30H33ClF3N5O2. The number of anilines is 1. The molecule has 6 rings (SSSR count). The number of nitrogens with zero attached hydrogens (tertiary/aromatic N) is 4. The van der Waals surface area contributed by atoms with Crippen molar-refractivity contribution in [3.05, 3.63) is 70.4 Å². The zero-order valence-corrected chi connectivity index (χ0v) is 23.5. The summed E-state index contributed by atoms with van der Waals surface area (Å²) in [7, 11) is 0. The van der Waals surface area contributed by atoms with E-state index in [1.165, 1.54) is 54.5 Å². The average molecular weight is 588 g/mol. The van der Waals surface area contributed by atoms with Crippen LogP contribution in [0.25, 0.3) is 16.8 Å². The van der Waals surface area contributed by atoms with Gasteiger partial charge in [-0.25, -0.2) is 9.48 Å². The van der Waals surface area contributed by atoms with Crippen LogP contribution in [0.3, 0.4) is 0 Å². The Kier molecular flexibility index (Phi) is 8.70. The van der Waals surface area contributed by atoms with Crippen LogP contribution in [0.1, 0.15) is 61.4 Å². The molecule has 0 saturated heterocycles. The van der Waals surface area contributed by atoms with E-state index >= 15 is 0 Å². The number of aromatic nitrogens is 3. The van der Waals surface area contributed by atoms with Gasteiger partial charge in [-0.1, -0.05) is 53.9 Å². The smallest absolute Gasteiger partial charge is 0.475 e. The summed E-state index contributed by atoms with van der Waals surface area (Å²) in [5.74, 6) is -2.76. The molecule has 2 aromatic carbocycles. The molecule has 7 nitrogen and oxygen atoms in total. The second-order valence-corrected chi connectivity index (χ2v) is 11.2. The minimum atomic E-state index is -5.08. The van der Waals surface area contributed by atoms with Crippen molar-refractivity contribution in [1.82, 2.24) is 19.9 Å². The highest BCUT2D eigenvalue weighted by atomic mass is 35.5. The topological polar surface area (TPSA) is 83.3 Å². The van der Waals surface area contributed by atoms with E-state index in [0.717, 1.165) is 54.1 Å². The first-order valence-corrected chi connectivity index (χ1v) is 14.3. The van der Waals surface area contributed by atoms with Gasteiger partial charge in [0.15, 0.2) is 0 Å². The van der Waals surface area contributed by atoms with Gasteiger partial charge in [0.2, 0.25) is 0 Å². The number of carbonyl (C=O) groups is 1. The summed E-state index contributed by atoms with van der Waals surface area (Å²) >= 11 is 6.28. The van der Waals surface area contributed by atoms with Crippen molar-refractivity contribution in [2.24, 2.45) is 0 Å². The summed E-state index contributed by atoms with van der Waals surface area (Å²) in [6.45, 7) is 5.14. The van der Waals surface area contributed by atoms with Crippen molar-refractivity contribution in [3.63, 3.8) is 0 Å². The van der Waals surface area contributed by atoms with E-state index in [1.807, 2.05) is 18.2 Å². The SMILES string of the molecule is Cc1nnn2c1-c1ccc(C3=CCN(C4CCCC4)CC3)cc1C(Nc1cccc(Cl)c1)CC2.O=C(O)C(F)(F)F. The van der Waals surface area contributed by atoms with Gasteiger partial charge in [0.25, 0.3) is 0 Å². The lowest BCUT2D eigenvalue weighted by molar-refractivity contribution is -0.192. The maximum absolute atomic E-state index is 10.6. The van der Waals surface area contributed by atoms with Gasteiger partial charge in [0.05, 0.1) is 17.4 Å². The Morgan fingerprint density at radius 1 is 1.10 bits per heavy atom. The van der Waals surface area contributed by atoms with E-state index in [9.17, 15) is 13.2 Å². The Labute approximate surface area is 242 Å². The van der Waals surface area contributed by atoms with Gasteiger partial charge < -0.3 is 10.4 Å². The molecule has 1 aromatic heterocycles. The fraction of sp³-hybridized carbons (Fsp3) is 0.433. The molecule has 1 aliphatic carbocycles. The number of carboxylic acids is 1. The first-order valence-electron chi connectivity index (χ1n) is 13.9. The van der Waals surface area contributed by atoms with Crippen LogP contribution >= 0.6 is 11.6 Å². The second kappa shape index (κ2) is 12.2. The number of rotatable bonds is 4. The molecule has 218 valence electrons. The van der Waals surface area contributed by atoms with Crippen LogP contribution in [0.5, 0.6) is 0 Å². The highest BCUT2D eigenvalue weighted by molar-refractivity contribution is 6.30. The first-order chi connectivity index (χ1) is 19.6. The van der Waals surface area contributed by atoms with Crippen molar-refractivity contribution < 1.29 is 23.1 Å². The lowest BCUT2D eigenvalue weighted by Gasteiger charge is -2.32. The number of hydrogen-bond acceptors (Lipinski definition) is 5. The summed E-state index contributed by atoms with van der Waals surface area (Å²) in [5.41, 5.74) is 8.55. The maximum atomic E-state index is 10.6. The fourth-order valence-corrected chi connectivity index (χ4v) is 6.23. The summed E-state index contributed by atoms with van der Waals surface area (Å²) < 4.78 is 33.8. The lowest BCUT2D eigenvalue weighted by Crippen LogP contribution is -2.36. The maximum Gasteiger partial charge on any atom is 0.490 e. The van der Waals surface area contributed by atoms with E-state index in [4.69, 9.17) is 21.5 Å².